The highest BCUT2D eigenvalue weighted by atomic mass is 16.3. The van der Waals surface area contributed by atoms with E-state index in [1.807, 2.05) is 6.07 Å². The van der Waals surface area contributed by atoms with Gasteiger partial charge in [-0.15, -0.1) is 0 Å². The zero-order valence-electron chi connectivity index (χ0n) is 11.1. The Morgan fingerprint density at radius 2 is 2.06 bits per heavy atom. The molecule has 96 valence electrons. The molecule has 1 aliphatic carbocycles. The van der Waals surface area contributed by atoms with E-state index >= 15 is 0 Å². The third kappa shape index (κ3) is 2.42. The molecule has 1 aliphatic rings. The normalized spacial score (nSPS) is 15.7. The van der Waals surface area contributed by atoms with Gasteiger partial charge in [0.05, 0.1) is 6.54 Å². The summed E-state index contributed by atoms with van der Waals surface area (Å²) in [5.41, 5.74) is 2.33. The minimum absolute atomic E-state index is 0.728. The zero-order chi connectivity index (χ0) is 12.5. The van der Waals surface area contributed by atoms with Gasteiger partial charge in [-0.3, -0.25) is 0 Å². The lowest BCUT2D eigenvalue weighted by Crippen LogP contribution is -2.18. The molecule has 0 aliphatic heterocycles. The lowest BCUT2D eigenvalue weighted by Gasteiger charge is -2.09. The minimum Gasteiger partial charge on any atom is -0.459 e. The number of hydrogen-bond donors (Lipinski definition) is 1. The smallest absolute Gasteiger partial charge is 0.134 e. The molecule has 1 saturated carbocycles. The van der Waals surface area contributed by atoms with Gasteiger partial charge in [0.15, 0.2) is 0 Å². The molecule has 1 aromatic heterocycles. The van der Waals surface area contributed by atoms with Crippen LogP contribution >= 0.6 is 0 Å². The molecule has 0 bridgehead atoms. The van der Waals surface area contributed by atoms with E-state index in [0.29, 0.717) is 0 Å². The first-order valence-corrected chi connectivity index (χ1v) is 6.61. The van der Waals surface area contributed by atoms with E-state index in [4.69, 9.17) is 4.42 Å². The fourth-order valence-corrected chi connectivity index (χ4v) is 2.29. The number of para-hydroxylation sites is 1. The van der Waals surface area contributed by atoms with Gasteiger partial charge >= 0.3 is 0 Å². The second kappa shape index (κ2) is 4.75. The third-order valence-electron chi connectivity index (χ3n) is 3.39. The molecule has 2 aromatic rings. The Balaban J connectivity index is 1.93. The van der Waals surface area contributed by atoms with Gasteiger partial charge in [0.2, 0.25) is 0 Å². The molecular weight excluding hydrogens is 224 g/mol. The second-order valence-electron chi connectivity index (χ2n) is 5.39. The maximum Gasteiger partial charge on any atom is 0.134 e. The highest BCUT2D eigenvalue weighted by Gasteiger charge is 2.22. The first-order chi connectivity index (χ1) is 8.74. The van der Waals surface area contributed by atoms with Gasteiger partial charge < -0.3 is 14.6 Å². The largest absolute Gasteiger partial charge is 0.459 e. The minimum atomic E-state index is 0.728. The Bertz CT molecular complexity index is 540. The van der Waals surface area contributed by atoms with Crippen LogP contribution in [0.1, 0.15) is 24.2 Å². The molecule has 0 saturated heterocycles. The van der Waals surface area contributed by atoms with Crippen molar-refractivity contribution in [3.05, 3.63) is 35.6 Å². The number of rotatable bonds is 5. The monoisotopic (exact) mass is 244 g/mol. The number of furan rings is 1. The maximum absolute atomic E-state index is 5.98. The Kier molecular flexibility index (Phi) is 3.10. The van der Waals surface area contributed by atoms with Crippen molar-refractivity contribution in [3.63, 3.8) is 0 Å². The molecule has 0 unspecified atom stereocenters. The van der Waals surface area contributed by atoms with Gasteiger partial charge in [-0.25, -0.2) is 0 Å². The molecule has 3 nitrogen and oxygen atoms in total. The van der Waals surface area contributed by atoms with Gasteiger partial charge in [0.25, 0.3) is 0 Å². The van der Waals surface area contributed by atoms with E-state index in [2.05, 4.69) is 42.5 Å². The van der Waals surface area contributed by atoms with Crippen molar-refractivity contribution in [1.82, 2.24) is 10.2 Å². The zero-order valence-corrected chi connectivity index (χ0v) is 11.1. The first-order valence-electron chi connectivity index (χ1n) is 6.61. The van der Waals surface area contributed by atoms with Gasteiger partial charge in [0, 0.05) is 23.5 Å². The van der Waals surface area contributed by atoms with Crippen molar-refractivity contribution in [2.75, 3.05) is 14.1 Å². The Morgan fingerprint density at radius 3 is 2.78 bits per heavy atom. The van der Waals surface area contributed by atoms with Crippen LogP contribution in [0.25, 0.3) is 11.0 Å². The highest BCUT2D eigenvalue weighted by molar-refractivity contribution is 5.82. The van der Waals surface area contributed by atoms with E-state index in [1.165, 1.54) is 23.8 Å². The quantitative estimate of drug-likeness (QED) is 0.876. The maximum atomic E-state index is 5.98. The van der Waals surface area contributed by atoms with Crippen molar-refractivity contribution in [2.24, 2.45) is 0 Å². The topological polar surface area (TPSA) is 28.4 Å². The lowest BCUT2D eigenvalue weighted by molar-refractivity contribution is 0.354. The molecule has 0 amide bonds. The number of benzene rings is 1. The fraction of sp³-hybridized carbons (Fsp3) is 0.467. The van der Waals surface area contributed by atoms with Crippen LogP contribution in [0.3, 0.4) is 0 Å². The predicted molar refractivity (Wildman–Crippen MR) is 73.5 cm³/mol. The van der Waals surface area contributed by atoms with Crippen molar-refractivity contribution >= 4 is 11.0 Å². The number of hydrogen-bond acceptors (Lipinski definition) is 3. The summed E-state index contributed by atoms with van der Waals surface area (Å²) < 4.78 is 5.98. The molecule has 1 heterocycles. The summed E-state index contributed by atoms with van der Waals surface area (Å²) in [7, 11) is 4.15. The average Bonchev–Trinajstić information content (AvgIpc) is 3.09. The first kappa shape index (κ1) is 11.8. The van der Waals surface area contributed by atoms with Gasteiger partial charge in [-0.05, 0) is 33.0 Å². The van der Waals surface area contributed by atoms with Crippen LogP contribution in [0.15, 0.2) is 28.7 Å². The Labute approximate surface area is 108 Å². The van der Waals surface area contributed by atoms with Crippen LogP contribution < -0.4 is 5.32 Å². The van der Waals surface area contributed by atoms with Crippen molar-refractivity contribution < 1.29 is 4.42 Å². The summed E-state index contributed by atoms with van der Waals surface area (Å²) in [6.45, 7) is 1.78. The molecule has 1 fully saturated rings. The molecule has 3 rings (SSSR count). The van der Waals surface area contributed by atoms with Crippen molar-refractivity contribution in [1.29, 1.82) is 0 Å². The van der Waals surface area contributed by atoms with E-state index < -0.39 is 0 Å². The average molecular weight is 244 g/mol. The van der Waals surface area contributed by atoms with Crippen LogP contribution in [0.4, 0.5) is 0 Å². The molecule has 18 heavy (non-hydrogen) atoms. The van der Waals surface area contributed by atoms with Crippen LogP contribution in [-0.4, -0.2) is 25.0 Å². The lowest BCUT2D eigenvalue weighted by atomic mass is 10.1. The van der Waals surface area contributed by atoms with Crippen LogP contribution in [0.5, 0.6) is 0 Å². The van der Waals surface area contributed by atoms with E-state index in [1.54, 1.807) is 0 Å². The van der Waals surface area contributed by atoms with Crippen LogP contribution in [-0.2, 0) is 13.1 Å². The van der Waals surface area contributed by atoms with Gasteiger partial charge in [-0.2, -0.15) is 0 Å². The molecule has 0 spiro atoms. The Morgan fingerprint density at radius 1 is 1.28 bits per heavy atom. The molecule has 0 atom stereocenters. The molecule has 1 N–H and O–H groups in total. The van der Waals surface area contributed by atoms with Crippen LogP contribution in [0.2, 0.25) is 0 Å². The fourth-order valence-electron chi connectivity index (χ4n) is 2.29. The van der Waals surface area contributed by atoms with Crippen molar-refractivity contribution in [3.8, 4) is 0 Å². The number of nitrogens with one attached hydrogen (secondary N) is 1. The van der Waals surface area contributed by atoms with E-state index in [9.17, 15) is 0 Å². The summed E-state index contributed by atoms with van der Waals surface area (Å²) >= 11 is 0. The standard InChI is InChI=1S/C15H20N2O/c1-17(2)10-15-13(9-16-11-7-8-11)12-5-3-4-6-14(12)18-15/h3-6,11,16H,7-10H2,1-2H3. The molecule has 3 heteroatoms. The molecule has 0 radical (unpaired) electrons. The highest BCUT2D eigenvalue weighted by Crippen LogP contribution is 2.28. The Hall–Kier alpha value is -1.32. The molecular formula is C15H20N2O. The van der Waals surface area contributed by atoms with Crippen molar-refractivity contribution in [2.45, 2.75) is 32.0 Å². The molecule has 1 aromatic carbocycles. The van der Waals surface area contributed by atoms with Gasteiger partial charge in [-0.1, -0.05) is 18.2 Å². The summed E-state index contributed by atoms with van der Waals surface area (Å²) in [5, 5.41) is 4.84. The summed E-state index contributed by atoms with van der Waals surface area (Å²) in [6.07, 6.45) is 2.64. The SMILES string of the molecule is CN(C)Cc1oc2ccccc2c1CNC1CC1. The summed E-state index contributed by atoms with van der Waals surface area (Å²) in [4.78, 5) is 2.15. The summed E-state index contributed by atoms with van der Waals surface area (Å²) in [5.74, 6) is 1.09. The van der Waals surface area contributed by atoms with E-state index in [-0.39, 0.29) is 0 Å². The van der Waals surface area contributed by atoms with Gasteiger partial charge in [0.1, 0.15) is 11.3 Å². The van der Waals surface area contributed by atoms with E-state index in [0.717, 1.165) is 30.5 Å². The second-order valence-corrected chi connectivity index (χ2v) is 5.39. The third-order valence-corrected chi connectivity index (χ3v) is 3.39. The predicted octanol–water partition coefficient (Wildman–Crippen LogP) is 2.75. The summed E-state index contributed by atoms with van der Waals surface area (Å²) in [6, 6.07) is 9.05. The van der Waals surface area contributed by atoms with Crippen LogP contribution in [0, 0.1) is 0 Å². The number of fused-ring (bicyclic) bond motifs is 1. The number of nitrogens with zero attached hydrogens (tertiary/aromatic N) is 1.